The molecule has 0 N–H and O–H groups in total. The van der Waals surface area contributed by atoms with Crippen molar-refractivity contribution in [3.63, 3.8) is 0 Å². The molecular formula is C17H32. The number of hydrogen-bond donors (Lipinski definition) is 0. The summed E-state index contributed by atoms with van der Waals surface area (Å²) >= 11 is 0. The summed E-state index contributed by atoms with van der Waals surface area (Å²) in [4.78, 5) is 0. The van der Waals surface area contributed by atoms with Gasteiger partial charge in [-0.05, 0) is 17.4 Å². The molecule has 0 heterocycles. The van der Waals surface area contributed by atoms with Gasteiger partial charge in [0.1, 0.15) is 0 Å². The van der Waals surface area contributed by atoms with Crippen LogP contribution in [0.15, 0.2) is 30.3 Å². The average Bonchev–Trinajstić information content (AvgIpc) is 2.33. The lowest BCUT2D eigenvalue weighted by Crippen LogP contribution is -1.83. The van der Waals surface area contributed by atoms with Gasteiger partial charge in [-0.15, -0.1) is 0 Å². The van der Waals surface area contributed by atoms with Crippen LogP contribution in [0.2, 0.25) is 0 Å². The molecule has 0 unspecified atom stereocenters. The molecule has 0 bridgehead atoms. The predicted octanol–water partition coefficient (Wildman–Crippen LogP) is 6.28. The highest BCUT2D eigenvalue weighted by Gasteiger charge is 1.93. The highest BCUT2D eigenvalue weighted by atomic mass is 14.0. The quantitative estimate of drug-likeness (QED) is 0.579. The molecule has 0 heteroatoms. The van der Waals surface area contributed by atoms with Crippen LogP contribution in [0.1, 0.15) is 72.8 Å². The summed E-state index contributed by atoms with van der Waals surface area (Å²) in [5, 5.41) is 0. The van der Waals surface area contributed by atoms with Crippen molar-refractivity contribution in [3.8, 4) is 0 Å². The van der Waals surface area contributed by atoms with E-state index in [1.807, 2.05) is 19.9 Å². The molecule has 0 spiro atoms. The highest BCUT2D eigenvalue weighted by molar-refractivity contribution is 5.17. The van der Waals surface area contributed by atoms with Crippen molar-refractivity contribution < 1.29 is 0 Å². The van der Waals surface area contributed by atoms with Gasteiger partial charge < -0.3 is 0 Å². The lowest BCUT2D eigenvalue weighted by molar-refractivity contribution is 0.576. The molecule has 0 fully saturated rings. The first-order valence-corrected chi connectivity index (χ1v) is 7.12. The zero-order valence-electron chi connectivity index (χ0n) is 13.0. The second kappa shape index (κ2) is 13.3. The summed E-state index contributed by atoms with van der Waals surface area (Å²) < 4.78 is 0. The van der Waals surface area contributed by atoms with E-state index < -0.39 is 0 Å². The molecule has 0 saturated carbocycles. The van der Waals surface area contributed by atoms with Crippen LogP contribution in [-0.4, -0.2) is 0 Å². The fourth-order valence-corrected chi connectivity index (χ4v) is 1.42. The smallest absolute Gasteiger partial charge is 0.0219 e. The monoisotopic (exact) mass is 236 g/mol. The molecule has 0 aromatic heterocycles. The van der Waals surface area contributed by atoms with Gasteiger partial charge in [0.05, 0.1) is 0 Å². The summed E-state index contributed by atoms with van der Waals surface area (Å²) in [6.45, 7) is 15.1. The largest absolute Gasteiger partial charge is 0.0683 e. The predicted molar refractivity (Wildman–Crippen MR) is 81.6 cm³/mol. The fourth-order valence-electron chi connectivity index (χ4n) is 1.42. The Labute approximate surface area is 109 Å². The molecule has 1 rings (SSSR count). The van der Waals surface area contributed by atoms with Crippen molar-refractivity contribution >= 4 is 0 Å². The van der Waals surface area contributed by atoms with Gasteiger partial charge in [0.2, 0.25) is 0 Å². The lowest BCUT2D eigenvalue weighted by atomic mass is 10.0. The van der Waals surface area contributed by atoms with Gasteiger partial charge in [0.15, 0.2) is 0 Å². The number of rotatable bonds is 3. The molecule has 1 aromatic rings. The minimum Gasteiger partial charge on any atom is -0.0683 e. The SMILES string of the molecule is CC.CC(C)c1ccccc1.CCCC(C)C. The van der Waals surface area contributed by atoms with Crippen LogP contribution in [0.3, 0.4) is 0 Å². The summed E-state index contributed by atoms with van der Waals surface area (Å²) in [6.07, 6.45) is 2.71. The van der Waals surface area contributed by atoms with Crippen LogP contribution in [0, 0.1) is 5.92 Å². The molecule has 100 valence electrons. The van der Waals surface area contributed by atoms with E-state index in [4.69, 9.17) is 0 Å². The lowest BCUT2D eigenvalue weighted by Gasteiger charge is -2.01. The van der Waals surface area contributed by atoms with Gasteiger partial charge in [-0.25, -0.2) is 0 Å². The van der Waals surface area contributed by atoms with Gasteiger partial charge in [-0.1, -0.05) is 91.6 Å². The van der Waals surface area contributed by atoms with Crippen LogP contribution in [-0.2, 0) is 0 Å². The Balaban J connectivity index is 0. The molecule has 0 radical (unpaired) electrons. The topological polar surface area (TPSA) is 0 Å². The third kappa shape index (κ3) is 13.2. The van der Waals surface area contributed by atoms with E-state index >= 15 is 0 Å². The molecular weight excluding hydrogens is 204 g/mol. The van der Waals surface area contributed by atoms with Crippen molar-refractivity contribution in [1.29, 1.82) is 0 Å². The van der Waals surface area contributed by atoms with E-state index in [2.05, 4.69) is 58.9 Å². The standard InChI is InChI=1S/C9H12.C6H14.C2H6/c1-8(2)9-6-4-3-5-7-9;1-4-5-6(2)3;1-2/h3-8H,1-2H3;6H,4-5H2,1-3H3;1-2H3. The summed E-state index contributed by atoms with van der Waals surface area (Å²) in [6, 6.07) is 10.5. The van der Waals surface area contributed by atoms with Gasteiger partial charge >= 0.3 is 0 Å². The summed E-state index contributed by atoms with van der Waals surface area (Å²) in [5.41, 5.74) is 1.41. The van der Waals surface area contributed by atoms with Gasteiger partial charge in [0, 0.05) is 0 Å². The molecule has 0 aliphatic rings. The van der Waals surface area contributed by atoms with Crippen LogP contribution in [0.4, 0.5) is 0 Å². The molecule has 0 nitrogen and oxygen atoms in total. The maximum Gasteiger partial charge on any atom is -0.0219 e. The minimum absolute atomic E-state index is 0.659. The van der Waals surface area contributed by atoms with E-state index in [1.165, 1.54) is 18.4 Å². The number of hydrogen-bond acceptors (Lipinski definition) is 0. The summed E-state index contributed by atoms with van der Waals surface area (Å²) in [5.74, 6) is 1.56. The average molecular weight is 236 g/mol. The molecule has 1 aromatic carbocycles. The van der Waals surface area contributed by atoms with Crippen LogP contribution in [0.25, 0.3) is 0 Å². The third-order valence-corrected chi connectivity index (χ3v) is 2.33. The van der Waals surface area contributed by atoms with Gasteiger partial charge in [0.25, 0.3) is 0 Å². The van der Waals surface area contributed by atoms with Crippen LogP contribution >= 0.6 is 0 Å². The van der Waals surface area contributed by atoms with E-state index in [1.54, 1.807) is 0 Å². The van der Waals surface area contributed by atoms with E-state index in [-0.39, 0.29) is 0 Å². The van der Waals surface area contributed by atoms with Gasteiger partial charge in [-0.3, -0.25) is 0 Å². The van der Waals surface area contributed by atoms with Gasteiger partial charge in [-0.2, -0.15) is 0 Å². The molecule has 0 amide bonds. The highest BCUT2D eigenvalue weighted by Crippen LogP contribution is 2.11. The summed E-state index contributed by atoms with van der Waals surface area (Å²) in [7, 11) is 0. The second-order valence-corrected chi connectivity index (χ2v) is 4.75. The zero-order valence-corrected chi connectivity index (χ0v) is 13.0. The first-order valence-electron chi connectivity index (χ1n) is 7.12. The first-order chi connectivity index (χ1) is 8.07. The Morgan fingerprint density at radius 3 is 1.53 bits per heavy atom. The van der Waals surface area contributed by atoms with Crippen LogP contribution < -0.4 is 0 Å². The molecule has 0 aliphatic heterocycles. The fraction of sp³-hybridized carbons (Fsp3) is 0.647. The Morgan fingerprint density at radius 1 is 0.882 bits per heavy atom. The molecule has 0 atom stereocenters. The Bertz CT molecular complexity index is 221. The Hall–Kier alpha value is -0.780. The van der Waals surface area contributed by atoms with E-state index in [0.717, 1.165) is 5.92 Å². The molecule has 0 saturated heterocycles. The van der Waals surface area contributed by atoms with Crippen molar-refractivity contribution in [2.75, 3.05) is 0 Å². The Kier molecular flexibility index (Phi) is 14.5. The van der Waals surface area contributed by atoms with Crippen LogP contribution in [0.5, 0.6) is 0 Å². The minimum atomic E-state index is 0.659. The Morgan fingerprint density at radius 2 is 1.35 bits per heavy atom. The van der Waals surface area contributed by atoms with Crippen molar-refractivity contribution in [2.45, 2.75) is 67.2 Å². The zero-order chi connectivity index (χ0) is 13.7. The third-order valence-electron chi connectivity index (χ3n) is 2.33. The first kappa shape index (κ1) is 18.6. The van der Waals surface area contributed by atoms with E-state index in [9.17, 15) is 0 Å². The molecule has 0 aliphatic carbocycles. The van der Waals surface area contributed by atoms with Crippen molar-refractivity contribution in [1.82, 2.24) is 0 Å². The maximum absolute atomic E-state index is 2.25. The second-order valence-electron chi connectivity index (χ2n) is 4.75. The van der Waals surface area contributed by atoms with Crippen molar-refractivity contribution in [2.24, 2.45) is 5.92 Å². The molecule has 17 heavy (non-hydrogen) atoms. The normalized spacial score (nSPS) is 9.24. The number of benzene rings is 1. The maximum atomic E-state index is 2.25. The van der Waals surface area contributed by atoms with E-state index in [0.29, 0.717) is 5.92 Å². The van der Waals surface area contributed by atoms with Crippen molar-refractivity contribution in [3.05, 3.63) is 35.9 Å².